The molecule has 0 saturated carbocycles. The number of rotatable bonds is 6. The quantitative estimate of drug-likeness (QED) is 0.461. The molecule has 7 nitrogen and oxygen atoms in total. The van der Waals surface area contributed by atoms with Crippen molar-refractivity contribution in [3.63, 3.8) is 0 Å². The van der Waals surface area contributed by atoms with Gasteiger partial charge in [-0.3, -0.25) is 9.56 Å². The van der Waals surface area contributed by atoms with Crippen LogP contribution in [0.4, 0.5) is 0 Å². The summed E-state index contributed by atoms with van der Waals surface area (Å²) in [6.45, 7) is 7.14. The molecule has 0 unspecified atom stereocenters. The Bertz CT molecular complexity index is 864. The summed E-state index contributed by atoms with van der Waals surface area (Å²) in [6, 6.07) is 6.47. The Kier molecular flexibility index (Phi) is 6.32. The normalized spacial score (nSPS) is 14.1. The van der Waals surface area contributed by atoms with Gasteiger partial charge < -0.3 is 10.6 Å². The summed E-state index contributed by atoms with van der Waals surface area (Å²) in [5, 5.41) is 11.1. The summed E-state index contributed by atoms with van der Waals surface area (Å²) in [5.41, 5.74) is 3.84. The Balaban J connectivity index is 1.45. The molecular formula is C20H30N6O. The fraction of sp³-hybridized carbons (Fsp3) is 0.550. The lowest BCUT2D eigenvalue weighted by molar-refractivity contribution is 0.509. The van der Waals surface area contributed by atoms with Crippen LogP contribution in [0.25, 0.3) is 0 Å². The zero-order valence-corrected chi connectivity index (χ0v) is 16.6. The number of nitrogens with zero attached hydrogens (tertiary/aromatic N) is 4. The van der Waals surface area contributed by atoms with Crippen molar-refractivity contribution in [1.82, 2.24) is 25.0 Å². The van der Waals surface area contributed by atoms with E-state index in [2.05, 4.69) is 52.8 Å². The molecule has 27 heavy (non-hydrogen) atoms. The average molecular weight is 371 g/mol. The van der Waals surface area contributed by atoms with Gasteiger partial charge in [-0.15, -0.1) is 0 Å². The van der Waals surface area contributed by atoms with Crippen LogP contribution in [0.5, 0.6) is 0 Å². The summed E-state index contributed by atoms with van der Waals surface area (Å²) in [4.78, 5) is 16.6. The van der Waals surface area contributed by atoms with Crippen LogP contribution >= 0.6 is 0 Å². The van der Waals surface area contributed by atoms with E-state index in [1.807, 2.05) is 4.57 Å². The van der Waals surface area contributed by atoms with Gasteiger partial charge in [-0.25, -0.2) is 9.48 Å². The van der Waals surface area contributed by atoms with Crippen molar-refractivity contribution in [2.75, 3.05) is 13.6 Å². The molecule has 2 aromatic rings. The summed E-state index contributed by atoms with van der Waals surface area (Å²) in [7, 11) is 1.77. The van der Waals surface area contributed by atoms with Gasteiger partial charge in [0.1, 0.15) is 5.82 Å². The van der Waals surface area contributed by atoms with Gasteiger partial charge in [-0.2, -0.15) is 5.10 Å². The first kappa shape index (κ1) is 19.2. The highest BCUT2D eigenvalue weighted by atomic mass is 16.2. The van der Waals surface area contributed by atoms with Crippen molar-refractivity contribution < 1.29 is 0 Å². The van der Waals surface area contributed by atoms with Gasteiger partial charge in [0.15, 0.2) is 5.96 Å². The molecule has 7 heteroatoms. The van der Waals surface area contributed by atoms with Crippen LogP contribution in [-0.4, -0.2) is 33.9 Å². The Labute approximate surface area is 160 Å². The van der Waals surface area contributed by atoms with E-state index in [0.717, 1.165) is 57.1 Å². The van der Waals surface area contributed by atoms with Crippen LogP contribution < -0.4 is 16.3 Å². The zero-order valence-electron chi connectivity index (χ0n) is 16.6. The van der Waals surface area contributed by atoms with Gasteiger partial charge in [0, 0.05) is 39.6 Å². The molecule has 1 aromatic carbocycles. The van der Waals surface area contributed by atoms with Crippen molar-refractivity contribution in [1.29, 1.82) is 0 Å². The molecule has 0 bridgehead atoms. The number of fused-ring (bicyclic) bond motifs is 1. The topological polar surface area (TPSA) is 76.2 Å². The van der Waals surface area contributed by atoms with Gasteiger partial charge in [0.05, 0.1) is 0 Å². The van der Waals surface area contributed by atoms with Crippen molar-refractivity contribution >= 4 is 5.96 Å². The fourth-order valence-corrected chi connectivity index (χ4v) is 3.47. The first-order valence-electron chi connectivity index (χ1n) is 9.75. The lowest BCUT2D eigenvalue weighted by atomic mass is 10.1. The van der Waals surface area contributed by atoms with Crippen LogP contribution in [-0.2, 0) is 26.1 Å². The third-order valence-electron chi connectivity index (χ3n) is 5.04. The molecule has 146 valence electrons. The highest BCUT2D eigenvalue weighted by Crippen LogP contribution is 2.10. The first-order valence-corrected chi connectivity index (χ1v) is 9.75. The van der Waals surface area contributed by atoms with Gasteiger partial charge in [0.25, 0.3) is 0 Å². The monoisotopic (exact) mass is 370 g/mol. The van der Waals surface area contributed by atoms with Crippen LogP contribution in [0.15, 0.2) is 28.0 Å². The number of hydrogen-bond donors (Lipinski definition) is 2. The lowest BCUT2D eigenvalue weighted by Crippen LogP contribution is -2.38. The number of hydrogen-bond acceptors (Lipinski definition) is 3. The molecule has 3 rings (SSSR count). The van der Waals surface area contributed by atoms with Gasteiger partial charge in [-0.1, -0.05) is 23.8 Å². The number of aromatic nitrogens is 3. The smallest absolute Gasteiger partial charge is 0.345 e. The van der Waals surface area contributed by atoms with Gasteiger partial charge >= 0.3 is 5.69 Å². The fourth-order valence-electron chi connectivity index (χ4n) is 3.47. The second-order valence-electron chi connectivity index (χ2n) is 7.17. The number of benzene rings is 1. The maximum absolute atomic E-state index is 12.3. The van der Waals surface area contributed by atoms with Crippen molar-refractivity contribution in [3.8, 4) is 0 Å². The minimum atomic E-state index is 0.0297. The van der Waals surface area contributed by atoms with Gasteiger partial charge in [0.2, 0.25) is 0 Å². The molecule has 0 atom stereocenters. The molecule has 2 heterocycles. The molecule has 0 spiro atoms. The second-order valence-corrected chi connectivity index (χ2v) is 7.17. The SMILES string of the molecule is CN=C(NCCCn1nc2n(c1=O)CCCC2)NCc1ccc(C)cc1C. The van der Waals surface area contributed by atoms with Crippen LogP contribution in [0.3, 0.4) is 0 Å². The summed E-state index contributed by atoms with van der Waals surface area (Å²) in [6.07, 6.45) is 3.93. The minimum absolute atomic E-state index is 0.0297. The number of aryl methyl sites for hydroxylation is 4. The summed E-state index contributed by atoms with van der Waals surface area (Å²) >= 11 is 0. The summed E-state index contributed by atoms with van der Waals surface area (Å²) in [5.74, 6) is 1.71. The van der Waals surface area contributed by atoms with E-state index in [-0.39, 0.29) is 5.69 Å². The highest BCUT2D eigenvalue weighted by molar-refractivity contribution is 5.79. The molecule has 0 radical (unpaired) electrons. The largest absolute Gasteiger partial charge is 0.356 e. The Hall–Kier alpha value is -2.57. The van der Waals surface area contributed by atoms with Gasteiger partial charge in [-0.05, 0) is 44.2 Å². The Morgan fingerprint density at radius 3 is 2.85 bits per heavy atom. The second kappa shape index (κ2) is 8.88. The van der Waals surface area contributed by atoms with Crippen LogP contribution in [0, 0.1) is 13.8 Å². The minimum Gasteiger partial charge on any atom is -0.356 e. The molecule has 0 amide bonds. The standard InChI is InChI=1S/C20H30N6O/c1-15-8-9-17(16(2)13-15)14-23-19(21-3)22-10-6-12-26-20(27)25-11-5-4-7-18(25)24-26/h8-9,13H,4-7,10-12,14H2,1-3H3,(H2,21,22,23). The molecule has 1 aliphatic heterocycles. The Morgan fingerprint density at radius 2 is 2.11 bits per heavy atom. The van der Waals surface area contributed by atoms with E-state index < -0.39 is 0 Å². The molecule has 1 aliphatic rings. The molecule has 2 N–H and O–H groups in total. The van der Waals surface area contributed by atoms with E-state index in [9.17, 15) is 4.79 Å². The third kappa shape index (κ3) is 4.78. The zero-order chi connectivity index (χ0) is 19.2. The third-order valence-corrected chi connectivity index (χ3v) is 5.04. The molecule has 0 saturated heterocycles. The highest BCUT2D eigenvalue weighted by Gasteiger charge is 2.16. The van der Waals surface area contributed by atoms with Crippen molar-refractivity contribution in [2.24, 2.45) is 4.99 Å². The molecule has 1 aromatic heterocycles. The number of aliphatic imine (C=N–C) groups is 1. The van der Waals surface area contributed by atoms with Crippen LogP contribution in [0.2, 0.25) is 0 Å². The van der Waals surface area contributed by atoms with Crippen molar-refractivity contribution in [3.05, 3.63) is 51.2 Å². The van der Waals surface area contributed by atoms with E-state index in [0.29, 0.717) is 6.54 Å². The predicted molar refractivity (Wildman–Crippen MR) is 108 cm³/mol. The molecular weight excluding hydrogens is 340 g/mol. The van der Waals surface area contributed by atoms with E-state index in [1.165, 1.54) is 16.7 Å². The Morgan fingerprint density at radius 1 is 1.26 bits per heavy atom. The van der Waals surface area contributed by atoms with E-state index >= 15 is 0 Å². The van der Waals surface area contributed by atoms with E-state index in [1.54, 1.807) is 11.7 Å². The van der Waals surface area contributed by atoms with E-state index in [4.69, 9.17) is 0 Å². The first-order chi connectivity index (χ1) is 13.1. The maximum Gasteiger partial charge on any atom is 0.345 e. The molecule has 0 fully saturated rings. The number of nitrogens with one attached hydrogen (secondary N) is 2. The number of guanidine groups is 1. The van der Waals surface area contributed by atoms with Crippen LogP contribution in [0.1, 0.15) is 41.8 Å². The summed E-state index contributed by atoms with van der Waals surface area (Å²) < 4.78 is 3.43. The average Bonchev–Trinajstić information content (AvgIpc) is 2.98. The van der Waals surface area contributed by atoms with Crippen molar-refractivity contribution in [2.45, 2.75) is 59.2 Å². The lowest BCUT2D eigenvalue weighted by Gasteiger charge is -2.13. The predicted octanol–water partition coefficient (Wildman–Crippen LogP) is 1.75. The maximum atomic E-state index is 12.3. The molecule has 0 aliphatic carbocycles.